The molecular formula is C36H35ClF3N7O7. The number of rotatable bonds is 17. The SMILES string of the molecule is COC(=O)[C@H](CCNC(=O)C(=O)Cc1ccccc1OC)NC(=O)c1ccc(Nc2nc(NC3(c4ccc(Cl)cc4)CC3)nc(OCC(F)(F)F)n2)cc1. The first-order valence-corrected chi connectivity index (χ1v) is 16.8. The van der Waals surface area contributed by atoms with Gasteiger partial charge in [-0.25, -0.2) is 4.79 Å². The van der Waals surface area contributed by atoms with Crippen LogP contribution in [0.5, 0.6) is 11.8 Å². The third kappa shape index (κ3) is 10.8. The smallest absolute Gasteiger partial charge is 0.422 e. The van der Waals surface area contributed by atoms with Crippen LogP contribution in [0.1, 0.15) is 40.7 Å². The van der Waals surface area contributed by atoms with Crippen LogP contribution in [0.25, 0.3) is 0 Å². The maximum Gasteiger partial charge on any atom is 0.422 e. The van der Waals surface area contributed by atoms with Crippen molar-refractivity contribution in [3.05, 3.63) is 94.5 Å². The van der Waals surface area contributed by atoms with Crippen LogP contribution in [0.2, 0.25) is 5.02 Å². The summed E-state index contributed by atoms with van der Waals surface area (Å²) in [4.78, 5) is 62.8. The molecule has 0 spiro atoms. The molecule has 0 aliphatic heterocycles. The van der Waals surface area contributed by atoms with E-state index in [2.05, 4.69) is 36.2 Å². The maximum absolute atomic E-state index is 13.1. The molecule has 5 rings (SSSR count). The van der Waals surface area contributed by atoms with Gasteiger partial charge in [-0.1, -0.05) is 41.9 Å². The number of nitrogens with zero attached hydrogens (tertiary/aromatic N) is 3. The van der Waals surface area contributed by atoms with Gasteiger partial charge in [0.15, 0.2) is 6.61 Å². The Morgan fingerprint density at radius 2 is 1.59 bits per heavy atom. The number of methoxy groups -OCH3 is 2. The molecule has 54 heavy (non-hydrogen) atoms. The van der Waals surface area contributed by atoms with Gasteiger partial charge in [0.25, 0.3) is 11.8 Å². The number of carbonyl (C=O) groups is 4. The molecule has 0 bridgehead atoms. The van der Waals surface area contributed by atoms with Crippen molar-refractivity contribution < 1.29 is 46.6 Å². The first-order valence-electron chi connectivity index (χ1n) is 16.5. The van der Waals surface area contributed by atoms with E-state index in [1.807, 2.05) is 12.1 Å². The number of ketones is 1. The predicted molar refractivity (Wildman–Crippen MR) is 190 cm³/mol. The largest absolute Gasteiger partial charge is 0.496 e. The van der Waals surface area contributed by atoms with Crippen LogP contribution in [0.3, 0.4) is 0 Å². The minimum Gasteiger partial charge on any atom is -0.496 e. The quantitative estimate of drug-likeness (QED) is 0.0843. The lowest BCUT2D eigenvalue weighted by Gasteiger charge is -2.19. The molecule has 284 valence electrons. The second-order valence-corrected chi connectivity index (χ2v) is 12.5. The van der Waals surface area contributed by atoms with E-state index in [9.17, 15) is 32.3 Å². The van der Waals surface area contributed by atoms with Gasteiger partial charge in [0.2, 0.25) is 17.7 Å². The van der Waals surface area contributed by atoms with Gasteiger partial charge in [-0.3, -0.25) is 14.4 Å². The van der Waals surface area contributed by atoms with Crippen LogP contribution in [-0.2, 0) is 31.1 Å². The van der Waals surface area contributed by atoms with Gasteiger partial charge in [-0.05, 0) is 67.3 Å². The number of halogens is 4. The van der Waals surface area contributed by atoms with Crippen molar-refractivity contribution in [2.45, 2.75) is 43.4 Å². The number of esters is 1. The number of hydrogen-bond acceptors (Lipinski definition) is 12. The average Bonchev–Trinajstić information content (AvgIpc) is 3.93. The van der Waals surface area contributed by atoms with E-state index < -0.39 is 53.9 Å². The van der Waals surface area contributed by atoms with Crippen LogP contribution in [0.4, 0.5) is 30.8 Å². The number of carbonyl (C=O) groups excluding carboxylic acids is 4. The molecule has 1 aliphatic carbocycles. The number of nitrogens with one attached hydrogen (secondary N) is 4. The molecule has 4 N–H and O–H groups in total. The van der Waals surface area contributed by atoms with Crippen molar-refractivity contribution in [2.75, 3.05) is 38.0 Å². The molecule has 1 atom stereocenters. The predicted octanol–water partition coefficient (Wildman–Crippen LogP) is 4.91. The number of hydrogen-bond donors (Lipinski definition) is 4. The molecule has 4 aromatic rings. The summed E-state index contributed by atoms with van der Waals surface area (Å²) >= 11 is 6.03. The van der Waals surface area contributed by atoms with E-state index in [-0.39, 0.29) is 36.8 Å². The number of para-hydroxylation sites is 1. The van der Waals surface area contributed by atoms with Crippen LogP contribution < -0.4 is 30.7 Å². The Bertz CT molecular complexity index is 1980. The summed E-state index contributed by atoms with van der Waals surface area (Å²) in [5.74, 6) is -2.71. The number of ether oxygens (including phenoxy) is 3. The highest BCUT2D eigenvalue weighted by molar-refractivity contribution is 6.36. The average molecular weight is 770 g/mol. The van der Waals surface area contributed by atoms with Crippen molar-refractivity contribution in [2.24, 2.45) is 0 Å². The highest BCUT2D eigenvalue weighted by atomic mass is 35.5. The number of aromatic nitrogens is 3. The monoisotopic (exact) mass is 769 g/mol. The van der Waals surface area contributed by atoms with Crippen LogP contribution in [-0.4, -0.2) is 78.1 Å². The van der Waals surface area contributed by atoms with Crippen molar-refractivity contribution in [3.63, 3.8) is 0 Å². The summed E-state index contributed by atoms with van der Waals surface area (Å²) in [5, 5.41) is 11.6. The fourth-order valence-electron chi connectivity index (χ4n) is 5.27. The number of benzene rings is 3. The van der Waals surface area contributed by atoms with E-state index in [0.717, 1.165) is 12.7 Å². The summed E-state index contributed by atoms with van der Waals surface area (Å²) in [6.07, 6.45) is -3.49. The zero-order valence-corrected chi connectivity index (χ0v) is 29.7. The maximum atomic E-state index is 13.1. The molecule has 14 nitrogen and oxygen atoms in total. The summed E-state index contributed by atoms with van der Waals surface area (Å²) in [5.41, 5.74) is 1.36. The molecular weight excluding hydrogens is 735 g/mol. The molecule has 0 unspecified atom stereocenters. The Kier molecular flexibility index (Phi) is 12.5. The van der Waals surface area contributed by atoms with Gasteiger partial charge in [0.05, 0.1) is 19.8 Å². The highest BCUT2D eigenvalue weighted by Crippen LogP contribution is 2.48. The molecule has 1 saturated carbocycles. The number of anilines is 3. The number of amides is 2. The molecule has 1 heterocycles. The van der Waals surface area contributed by atoms with Crippen molar-refractivity contribution in [3.8, 4) is 11.8 Å². The third-order valence-corrected chi connectivity index (χ3v) is 8.44. The van der Waals surface area contributed by atoms with Gasteiger partial charge < -0.3 is 35.5 Å². The minimum atomic E-state index is -4.64. The molecule has 0 saturated heterocycles. The van der Waals surface area contributed by atoms with Gasteiger partial charge in [-0.15, -0.1) is 0 Å². The number of Topliss-reactive ketones (excluding diaryl/α,β-unsaturated/α-hetero) is 1. The molecule has 3 aromatic carbocycles. The standard InChI is InChI=1S/C36H35ClF3N7O7/c1-52-28-6-4-3-5-22(28)19-27(48)30(50)41-18-15-26(31(51)53-2)43-29(49)21-7-13-25(14-8-21)42-32-44-33(46-34(45-32)54-20-36(38,39)40)47-35(16-17-35)23-9-11-24(37)12-10-23/h3-14,26H,15-20H2,1-2H3,(H,41,50)(H,43,49)(H2,42,44,45,46,47)/t26-/m0/s1. The molecule has 1 fully saturated rings. The Hall–Kier alpha value is -5.97. The van der Waals surface area contributed by atoms with E-state index in [1.54, 1.807) is 36.4 Å². The van der Waals surface area contributed by atoms with Crippen LogP contribution in [0, 0.1) is 0 Å². The molecule has 2 amide bonds. The zero-order chi connectivity index (χ0) is 38.9. The summed E-state index contributed by atoms with van der Waals surface area (Å²) in [7, 11) is 2.59. The van der Waals surface area contributed by atoms with Gasteiger partial charge >= 0.3 is 18.2 Å². The van der Waals surface area contributed by atoms with E-state index in [0.29, 0.717) is 34.9 Å². The van der Waals surface area contributed by atoms with E-state index in [4.69, 9.17) is 25.8 Å². The first kappa shape index (κ1) is 39.2. The van der Waals surface area contributed by atoms with Crippen LogP contribution >= 0.6 is 11.6 Å². The Balaban J connectivity index is 1.21. The van der Waals surface area contributed by atoms with Gasteiger partial charge in [-0.2, -0.15) is 28.1 Å². The number of alkyl halides is 3. The summed E-state index contributed by atoms with van der Waals surface area (Å²) < 4.78 is 53.7. The van der Waals surface area contributed by atoms with Crippen molar-refractivity contribution >= 4 is 52.8 Å². The lowest BCUT2D eigenvalue weighted by Crippen LogP contribution is -2.44. The third-order valence-electron chi connectivity index (χ3n) is 8.19. The summed E-state index contributed by atoms with van der Waals surface area (Å²) in [6, 6.07) is 18.0. The molecule has 1 aromatic heterocycles. The summed E-state index contributed by atoms with van der Waals surface area (Å²) in [6.45, 7) is -1.75. The normalized spacial score (nSPS) is 13.5. The topological polar surface area (TPSA) is 183 Å². The molecule has 0 radical (unpaired) electrons. The van der Waals surface area contributed by atoms with Crippen molar-refractivity contribution in [1.82, 2.24) is 25.6 Å². The van der Waals surface area contributed by atoms with Gasteiger partial charge in [0, 0.05) is 34.8 Å². The van der Waals surface area contributed by atoms with E-state index in [1.165, 1.54) is 31.4 Å². The lowest BCUT2D eigenvalue weighted by atomic mass is 10.1. The fraction of sp³-hybridized carbons (Fsp3) is 0.306. The lowest BCUT2D eigenvalue weighted by molar-refractivity contribution is -0.154. The second kappa shape index (κ2) is 17.2. The Morgan fingerprint density at radius 1 is 0.907 bits per heavy atom. The molecule has 1 aliphatic rings. The van der Waals surface area contributed by atoms with Gasteiger partial charge in [0.1, 0.15) is 11.8 Å². The Morgan fingerprint density at radius 3 is 2.24 bits per heavy atom. The minimum absolute atomic E-state index is 0.0287. The van der Waals surface area contributed by atoms with Crippen molar-refractivity contribution in [1.29, 1.82) is 0 Å². The molecule has 18 heteroatoms. The van der Waals surface area contributed by atoms with E-state index >= 15 is 0 Å². The first-order chi connectivity index (χ1) is 25.8. The zero-order valence-electron chi connectivity index (χ0n) is 29.0. The fourth-order valence-corrected chi connectivity index (χ4v) is 5.40. The van der Waals surface area contributed by atoms with Crippen LogP contribution in [0.15, 0.2) is 72.8 Å². The second-order valence-electron chi connectivity index (χ2n) is 12.1. The highest BCUT2D eigenvalue weighted by Gasteiger charge is 2.45. The Labute approximate surface area is 312 Å².